The van der Waals surface area contributed by atoms with Crippen molar-refractivity contribution in [1.29, 1.82) is 0 Å². The fraction of sp³-hybridized carbons (Fsp3) is 0.424. The Balaban J connectivity index is 1.47. The van der Waals surface area contributed by atoms with Gasteiger partial charge in [0.05, 0.1) is 26.0 Å². The topological polar surface area (TPSA) is 73.9 Å². The largest absolute Gasteiger partial charge is 0.494 e. The van der Waals surface area contributed by atoms with Crippen LogP contribution in [0.4, 0.5) is 5.69 Å². The van der Waals surface area contributed by atoms with E-state index in [9.17, 15) is 9.36 Å². The minimum atomic E-state index is -3.07. The number of hydrogen-bond donors (Lipinski definition) is 1. The molecule has 0 heterocycles. The zero-order chi connectivity index (χ0) is 28.6. The van der Waals surface area contributed by atoms with Gasteiger partial charge in [0.1, 0.15) is 5.75 Å². The number of nitrogens with one attached hydrogen (secondary N) is 1. The molecule has 216 valence electrons. The zero-order valence-electron chi connectivity index (χ0n) is 24.2. The van der Waals surface area contributed by atoms with Crippen LogP contribution >= 0.6 is 7.60 Å². The number of rotatable bonds is 18. The summed E-state index contributed by atoms with van der Waals surface area (Å²) in [7, 11) is -3.07. The minimum Gasteiger partial charge on any atom is -0.494 e. The number of carbonyl (C=O) groups is 1. The highest BCUT2D eigenvalue weighted by Gasteiger charge is 2.23. The number of unbranched alkanes of at least 4 members (excludes halogenated alkanes) is 5. The summed E-state index contributed by atoms with van der Waals surface area (Å²) in [5.41, 5.74) is 4.40. The van der Waals surface area contributed by atoms with Crippen molar-refractivity contribution >= 4 is 19.2 Å². The Morgan fingerprint density at radius 3 is 1.90 bits per heavy atom. The van der Waals surface area contributed by atoms with E-state index < -0.39 is 7.60 Å². The van der Waals surface area contributed by atoms with Crippen LogP contribution in [0.1, 0.15) is 75.2 Å². The summed E-state index contributed by atoms with van der Waals surface area (Å²) >= 11 is 0. The van der Waals surface area contributed by atoms with Gasteiger partial charge < -0.3 is 19.1 Å². The molecule has 1 N–H and O–H groups in total. The molecule has 0 aliphatic heterocycles. The van der Waals surface area contributed by atoms with Gasteiger partial charge >= 0.3 is 7.60 Å². The summed E-state index contributed by atoms with van der Waals surface area (Å²) in [6.45, 7) is 7.30. The molecule has 0 unspecified atom stereocenters. The molecule has 0 bridgehead atoms. The zero-order valence-corrected chi connectivity index (χ0v) is 25.1. The van der Waals surface area contributed by atoms with Gasteiger partial charge in [0, 0.05) is 11.3 Å². The molecule has 0 aliphatic rings. The third-order valence-corrected chi connectivity index (χ3v) is 8.71. The van der Waals surface area contributed by atoms with Crippen LogP contribution in [0.25, 0.3) is 11.1 Å². The van der Waals surface area contributed by atoms with Gasteiger partial charge in [-0.15, -0.1) is 0 Å². The molecule has 3 aromatic rings. The van der Waals surface area contributed by atoms with Crippen LogP contribution in [0.15, 0.2) is 72.8 Å². The Bertz CT molecular complexity index is 1180. The van der Waals surface area contributed by atoms with Gasteiger partial charge in [-0.05, 0) is 79.8 Å². The first-order chi connectivity index (χ1) is 19.5. The van der Waals surface area contributed by atoms with Gasteiger partial charge in [0.2, 0.25) is 0 Å². The molecular weight excluding hydrogens is 521 g/mol. The lowest BCUT2D eigenvalue weighted by atomic mass is 10.0. The first-order valence-electron chi connectivity index (χ1n) is 14.6. The van der Waals surface area contributed by atoms with Crippen molar-refractivity contribution in [3.8, 4) is 16.9 Å². The second kappa shape index (κ2) is 17.0. The molecular formula is C33H44NO5P. The summed E-state index contributed by atoms with van der Waals surface area (Å²) in [5, 5.41) is 2.94. The second-order valence-corrected chi connectivity index (χ2v) is 12.0. The van der Waals surface area contributed by atoms with Crippen LogP contribution in [0, 0.1) is 0 Å². The average Bonchev–Trinajstić information content (AvgIpc) is 2.97. The average molecular weight is 566 g/mol. The van der Waals surface area contributed by atoms with Crippen molar-refractivity contribution in [2.24, 2.45) is 0 Å². The minimum absolute atomic E-state index is 0.171. The molecule has 0 fully saturated rings. The highest BCUT2D eigenvalue weighted by Crippen LogP contribution is 2.48. The van der Waals surface area contributed by atoms with Crippen molar-refractivity contribution in [3.63, 3.8) is 0 Å². The molecule has 0 aliphatic carbocycles. The summed E-state index contributed by atoms with van der Waals surface area (Å²) in [4.78, 5) is 12.8. The number of ether oxygens (including phenoxy) is 1. The number of anilines is 1. The Hall–Kier alpha value is -2.92. The SMILES string of the molecule is CCCCCCCCOc1ccc(-c2ccc(C(=O)Nc3ccc(CCP(=O)(OCC)OCC)cc3)cc2)cc1. The number of amides is 1. The standard InChI is InChI=1S/C33H44NO5P/c1-4-7-8-9-10-11-25-37-32-22-18-29(19-23-32)28-14-16-30(17-15-28)33(35)34-31-20-12-27(13-21-31)24-26-40(36,38-5-2)39-6-3/h12-23H,4-11,24-26H2,1-3H3,(H,34,35). The molecule has 40 heavy (non-hydrogen) atoms. The van der Waals surface area contributed by atoms with Crippen LogP contribution in [-0.4, -0.2) is 31.9 Å². The van der Waals surface area contributed by atoms with Gasteiger partial charge in [-0.1, -0.05) is 75.4 Å². The molecule has 3 aromatic carbocycles. The van der Waals surface area contributed by atoms with Crippen LogP contribution in [-0.2, 0) is 20.0 Å². The molecule has 6 nitrogen and oxygen atoms in total. The van der Waals surface area contributed by atoms with Gasteiger partial charge in [-0.25, -0.2) is 0 Å². The van der Waals surface area contributed by atoms with E-state index in [0.29, 0.717) is 37.0 Å². The molecule has 0 saturated heterocycles. The smallest absolute Gasteiger partial charge is 0.330 e. The Kier molecular flexibility index (Phi) is 13.4. The lowest BCUT2D eigenvalue weighted by Crippen LogP contribution is -2.11. The van der Waals surface area contributed by atoms with E-state index in [1.807, 2.05) is 74.5 Å². The molecule has 0 aromatic heterocycles. The van der Waals surface area contributed by atoms with E-state index in [1.54, 1.807) is 0 Å². The maximum absolute atomic E-state index is 12.8. The Labute approximate surface area is 240 Å². The molecule has 0 atom stereocenters. The van der Waals surface area contributed by atoms with E-state index in [4.69, 9.17) is 13.8 Å². The summed E-state index contributed by atoms with van der Waals surface area (Å²) in [5.74, 6) is 0.715. The Morgan fingerprint density at radius 2 is 1.30 bits per heavy atom. The third kappa shape index (κ3) is 10.6. The summed E-state index contributed by atoms with van der Waals surface area (Å²) < 4.78 is 29.3. The number of hydrogen-bond acceptors (Lipinski definition) is 5. The molecule has 3 rings (SSSR count). The monoisotopic (exact) mass is 565 g/mol. The predicted molar refractivity (Wildman–Crippen MR) is 165 cm³/mol. The van der Waals surface area contributed by atoms with Gasteiger partial charge in [0.25, 0.3) is 5.91 Å². The molecule has 0 radical (unpaired) electrons. The highest BCUT2D eigenvalue weighted by atomic mass is 31.2. The molecule has 1 amide bonds. The van der Waals surface area contributed by atoms with Gasteiger partial charge in [-0.2, -0.15) is 0 Å². The van der Waals surface area contributed by atoms with Gasteiger partial charge in [-0.3, -0.25) is 9.36 Å². The summed E-state index contributed by atoms with van der Waals surface area (Å²) in [6.07, 6.45) is 8.39. The van der Waals surface area contributed by atoms with Crippen molar-refractivity contribution in [1.82, 2.24) is 0 Å². The molecule has 0 saturated carbocycles. The molecule has 7 heteroatoms. The number of carbonyl (C=O) groups excluding carboxylic acids is 1. The van der Waals surface area contributed by atoms with Crippen molar-refractivity contribution in [2.45, 2.75) is 65.7 Å². The van der Waals surface area contributed by atoms with Crippen molar-refractivity contribution in [2.75, 3.05) is 31.3 Å². The fourth-order valence-corrected chi connectivity index (χ4v) is 6.07. The van der Waals surface area contributed by atoms with E-state index in [1.165, 1.54) is 32.1 Å². The Morgan fingerprint density at radius 1 is 0.725 bits per heavy atom. The number of aryl methyl sites for hydroxylation is 1. The van der Waals surface area contributed by atoms with Crippen LogP contribution in [0.5, 0.6) is 5.75 Å². The van der Waals surface area contributed by atoms with Crippen molar-refractivity contribution < 1.29 is 23.1 Å². The van der Waals surface area contributed by atoms with E-state index >= 15 is 0 Å². The second-order valence-electron chi connectivity index (χ2n) is 9.79. The van der Waals surface area contributed by atoms with Gasteiger partial charge in [0.15, 0.2) is 0 Å². The highest BCUT2D eigenvalue weighted by molar-refractivity contribution is 7.53. The summed E-state index contributed by atoms with van der Waals surface area (Å²) in [6, 6.07) is 23.2. The van der Waals surface area contributed by atoms with Crippen LogP contribution in [0.3, 0.4) is 0 Å². The van der Waals surface area contributed by atoms with Crippen LogP contribution in [0.2, 0.25) is 0 Å². The van der Waals surface area contributed by atoms with Crippen molar-refractivity contribution in [3.05, 3.63) is 83.9 Å². The number of benzene rings is 3. The maximum atomic E-state index is 12.8. The lowest BCUT2D eigenvalue weighted by Gasteiger charge is -2.16. The molecule has 0 spiro atoms. The van der Waals surface area contributed by atoms with E-state index in [0.717, 1.165) is 35.5 Å². The third-order valence-electron chi connectivity index (χ3n) is 6.64. The maximum Gasteiger partial charge on any atom is 0.330 e. The van der Waals surface area contributed by atoms with E-state index in [-0.39, 0.29) is 5.91 Å². The fourth-order valence-electron chi connectivity index (χ4n) is 4.41. The van der Waals surface area contributed by atoms with Crippen LogP contribution < -0.4 is 10.1 Å². The normalized spacial score (nSPS) is 11.4. The first kappa shape index (κ1) is 31.6. The van der Waals surface area contributed by atoms with E-state index in [2.05, 4.69) is 24.4 Å². The first-order valence-corrected chi connectivity index (χ1v) is 16.3. The predicted octanol–water partition coefficient (Wildman–Crippen LogP) is 9.15. The quantitative estimate of drug-likeness (QED) is 0.123. The lowest BCUT2D eigenvalue weighted by molar-refractivity contribution is 0.102.